The van der Waals surface area contributed by atoms with Crippen LogP contribution in [0.3, 0.4) is 0 Å². The van der Waals surface area contributed by atoms with Gasteiger partial charge in [-0.3, -0.25) is 4.18 Å². The maximum absolute atomic E-state index is 11.2. The van der Waals surface area contributed by atoms with Crippen molar-refractivity contribution in [3.8, 4) is 0 Å². The predicted molar refractivity (Wildman–Crippen MR) is 53.8 cm³/mol. The molecule has 0 unspecified atom stereocenters. The van der Waals surface area contributed by atoms with E-state index < -0.39 is 10.1 Å². The summed E-state index contributed by atoms with van der Waals surface area (Å²) in [7, 11) is -3.49. The van der Waals surface area contributed by atoms with E-state index in [4.69, 9.17) is 0 Å². The summed E-state index contributed by atoms with van der Waals surface area (Å²) >= 11 is 0. The Bertz CT molecular complexity index is 242. The first-order chi connectivity index (χ1) is 6.04. The Hall–Kier alpha value is -0.350. The Morgan fingerprint density at radius 3 is 2.38 bits per heavy atom. The van der Waals surface area contributed by atoms with E-state index in [1.165, 1.54) is 0 Å². The van der Waals surface area contributed by atoms with Crippen LogP contribution < -0.4 is 0 Å². The molecule has 0 heterocycles. The molecule has 0 fully saturated rings. The summed E-state index contributed by atoms with van der Waals surface area (Å²) in [6.45, 7) is 7.40. The van der Waals surface area contributed by atoms with Crippen LogP contribution in [0.15, 0.2) is 11.5 Å². The summed E-state index contributed by atoms with van der Waals surface area (Å²) in [6.07, 6.45) is 3.47. The molecular formula is C9H18O3S. The lowest BCUT2D eigenvalue weighted by Crippen LogP contribution is -2.07. The van der Waals surface area contributed by atoms with Gasteiger partial charge in [-0.25, -0.2) is 0 Å². The fraction of sp³-hybridized carbons (Fsp3) is 0.778. The summed E-state index contributed by atoms with van der Waals surface area (Å²) in [4.78, 5) is 0.197. The van der Waals surface area contributed by atoms with Gasteiger partial charge in [0.1, 0.15) is 0 Å². The fourth-order valence-electron chi connectivity index (χ4n) is 0.936. The zero-order valence-corrected chi connectivity index (χ0v) is 9.19. The normalized spacial score (nSPS) is 11.5. The highest BCUT2D eigenvalue weighted by molar-refractivity contribution is 7.90. The summed E-state index contributed by atoms with van der Waals surface area (Å²) in [5.41, 5.74) is 0. The van der Waals surface area contributed by atoms with E-state index in [1.54, 1.807) is 6.92 Å². The van der Waals surface area contributed by atoms with Crippen molar-refractivity contribution in [2.24, 2.45) is 0 Å². The molecule has 0 spiro atoms. The predicted octanol–water partition coefficient (Wildman–Crippen LogP) is 2.45. The van der Waals surface area contributed by atoms with E-state index in [0.29, 0.717) is 6.42 Å². The van der Waals surface area contributed by atoms with Gasteiger partial charge in [0.2, 0.25) is 0 Å². The smallest absolute Gasteiger partial charge is 0.267 e. The van der Waals surface area contributed by atoms with Crippen molar-refractivity contribution in [1.29, 1.82) is 0 Å². The highest BCUT2D eigenvalue weighted by Gasteiger charge is 2.14. The van der Waals surface area contributed by atoms with Gasteiger partial charge in [0, 0.05) is 0 Å². The molecule has 0 saturated carbocycles. The van der Waals surface area contributed by atoms with Crippen molar-refractivity contribution in [1.82, 2.24) is 0 Å². The van der Waals surface area contributed by atoms with Crippen LogP contribution in [-0.4, -0.2) is 15.0 Å². The molecule has 78 valence electrons. The maximum Gasteiger partial charge on any atom is 0.292 e. The molecule has 0 aromatic rings. The Kier molecular flexibility index (Phi) is 5.99. The van der Waals surface area contributed by atoms with Gasteiger partial charge in [-0.1, -0.05) is 26.3 Å². The lowest BCUT2D eigenvalue weighted by molar-refractivity contribution is 0.342. The highest BCUT2D eigenvalue weighted by atomic mass is 32.2. The first-order valence-electron chi connectivity index (χ1n) is 4.61. The van der Waals surface area contributed by atoms with E-state index in [2.05, 4.69) is 17.7 Å². The Balaban J connectivity index is 3.96. The molecule has 0 aromatic heterocycles. The minimum absolute atomic E-state index is 0.176. The Morgan fingerprint density at radius 2 is 1.92 bits per heavy atom. The second-order valence-electron chi connectivity index (χ2n) is 2.86. The molecule has 0 N–H and O–H groups in total. The quantitative estimate of drug-likeness (QED) is 0.474. The zero-order valence-electron chi connectivity index (χ0n) is 8.38. The van der Waals surface area contributed by atoms with E-state index >= 15 is 0 Å². The van der Waals surface area contributed by atoms with Crippen molar-refractivity contribution < 1.29 is 12.6 Å². The van der Waals surface area contributed by atoms with E-state index in [1.807, 2.05) is 0 Å². The molecule has 0 aliphatic rings. The van der Waals surface area contributed by atoms with Crippen molar-refractivity contribution >= 4 is 10.1 Å². The van der Waals surface area contributed by atoms with Gasteiger partial charge < -0.3 is 0 Å². The van der Waals surface area contributed by atoms with Gasteiger partial charge in [0.25, 0.3) is 10.1 Å². The summed E-state index contributed by atoms with van der Waals surface area (Å²) < 4.78 is 27.0. The van der Waals surface area contributed by atoms with Crippen molar-refractivity contribution in [2.75, 3.05) is 6.61 Å². The molecule has 0 rings (SSSR count). The molecule has 3 nitrogen and oxygen atoms in total. The number of hydrogen-bond donors (Lipinski definition) is 0. The largest absolute Gasteiger partial charge is 0.292 e. The number of hydrogen-bond acceptors (Lipinski definition) is 3. The van der Waals surface area contributed by atoms with Crippen LogP contribution in [0.1, 0.15) is 39.5 Å². The molecule has 0 amide bonds. The summed E-state index contributed by atoms with van der Waals surface area (Å²) in [5.74, 6) is 0. The molecule has 0 aliphatic heterocycles. The Morgan fingerprint density at radius 1 is 1.31 bits per heavy atom. The van der Waals surface area contributed by atoms with Crippen molar-refractivity contribution in [3.05, 3.63) is 11.5 Å². The van der Waals surface area contributed by atoms with E-state index in [0.717, 1.165) is 19.3 Å². The SMILES string of the molecule is C=C(CCCCC)S(=O)(=O)OCC. The van der Waals surface area contributed by atoms with Crippen LogP contribution in [0.2, 0.25) is 0 Å². The Labute approximate surface area is 80.9 Å². The molecule has 0 radical (unpaired) electrons. The minimum Gasteiger partial charge on any atom is -0.267 e. The molecule has 13 heavy (non-hydrogen) atoms. The van der Waals surface area contributed by atoms with Crippen LogP contribution in [0, 0.1) is 0 Å². The van der Waals surface area contributed by atoms with E-state index in [9.17, 15) is 8.42 Å². The van der Waals surface area contributed by atoms with Crippen LogP contribution in [0.5, 0.6) is 0 Å². The second kappa shape index (κ2) is 6.16. The van der Waals surface area contributed by atoms with Gasteiger partial charge in [-0.15, -0.1) is 0 Å². The number of unbranched alkanes of at least 4 members (excludes halogenated alkanes) is 2. The lowest BCUT2D eigenvalue weighted by Gasteiger charge is -2.05. The summed E-state index contributed by atoms with van der Waals surface area (Å²) in [5, 5.41) is 0. The van der Waals surface area contributed by atoms with Crippen LogP contribution in [0.25, 0.3) is 0 Å². The molecule has 0 aromatic carbocycles. The summed E-state index contributed by atoms with van der Waals surface area (Å²) in [6, 6.07) is 0. The molecule has 4 heteroatoms. The van der Waals surface area contributed by atoms with Crippen LogP contribution in [-0.2, 0) is 14.3 Å². The number of rotatable bonds is 7. The number of allylic oxidation sites excluding steroid dienone is 1. The first-order valence-corrected chi connectivity index (χ1v) is 6.02. The fourth-order valence-corrected chi connectivity index (χ4v) is 1.81. The van der Waals surface area contributed by atoms with E-state index in [-0.39, 0.29) is 11.5 Å². The van der Waals surface area contributed by atoms with Crippen molar-refractivity contribution in [3.63, 3.8) is 0 Å². The van der Waals surface area contributed by atoms with Crippen LogP contribution in [0.4, 0.5) is 0 Å². The van der Waals surface area contributed by atoms with Gasteiger partial charge in [-0.05, 0) is 19.8 Å². The van der Waals surface area contributed by atoms with Crippen LogP contribution >= 0.6 is 0 Å². The standard InChI is InChI=1S/C9H18O3S/c1-4-6-7-8-9(3)13(10,11)12-5-2/h3-8H2,1-2H3. The van der Waals surface area contributed by atoms with Gasteiger partial charge in [0.05, 0.1) is 11.5 Å². The minimum atomic E-state index is -3.49. The van der Waals surface area contributed by atoms with Gasteiger partial charge in [-0.2, -0.15) is 8.42 Å². The lowest BCUT2D eigenvalue weighted by atomic mass is 10.2. The molecule has 0 bridgehead atoms. The average molecular weight is 206 g/mol. The van der Waals surface area contributed by atoms with Gasteiger partial charge in [0.15, 0.2) is 0 Å². The maximum atomic E-state index is 11.2. The molecule has 0 atom stereocenters. The second-order valence-corrected chi connectivity index (χ2v) is 4.58. The highest BCUT2D eigenvalue weighted by Crippen LogP contribution is 2.14. The molecule has 0 saturated heterocycles. The van der Waals surface area contributed by atoms with Crippen molar-refractivity contribution in [2.45, 2.75) is 39.5 Å². The molecular weight excluding hydrogens is 188 g/mol. The monoisotopic (exact) mass is 206 g/mol. The average Bonchev–Trinajstić information content (AvgIpc) is 2.04. The third-order valence-electron chi connectivity index (χ3n) is 1.69. The molecule has 0 aliphatic carbocycles. The van der Waals surface area contributed by atoms with Gasteiger partial charge >= 0.3 is 0 Å². The third-order valence-corrected chi connectivity index (χ3v) is 3.14. The zero-order chi connectivity index (χ0) is 10.3. The topological polar surface area (TPSA) is 43.4 Å². The third kappa shape index (κ3) is 5.05. The first kappa shape index (κ1) is 12.7.